The number of aliphatic imine (C=N–C) groups is 3. The first-order valence-electron chi connectivity index (χ1n) is 16.7. The summed E-state index contributed by atoms with van der Waals surface area (Å²) in [6.45, 7) is 4.50. The van der Waals surface area contributed by atoms with Crippen LogP contribution in [0, 0.1) is 0 Å². The van der Waals surface area contributed by atoms with Crippen LogP contribution in [0.5, 0.6) is 0 Å². The Morgan fingerprint density at radius 1 is 0.520 bits per heavy atom. The largest absolute Gasteiger partial charge is 0.455 e. The first-order valence-corrected chi connectivity index (χ1v) is 16.7. The van der Waals surface area contributed by atoms with Gasteiger partial charge in [-0.3, -0.25) is 4.99 Å². The summed E-state index contributed by atoms with van der Waals surface area (Å²) in [5.41, 5.74) is 6.55. The van der Waals surface area contributed by atoms with Gasteiger partial charge in [0.25, 0.3) is 0 Å². The molecule has 0 unspecified atom stereocenters. The van der Waals surface area contributed by atoms with E-state index in [0.717, 1.165) is 65.9 Å². The lowest BCUT2D eigenvalue weighted by molar-refractivity contribution is 0.670. The van der Waals surface area contributed by atoms with Crippen molar-refractivity contribution in [1.82, 2.24) is 0 Å². The fourth-order valence-corrected chi connectivity index (χ4v) is 7.05. The van der Waals surface area contributed by atoms with E-state index >= 15 is 0 Å². The van der Waals surface area contributed by atoms with Crippen molar-refractivity contribution in [2.45, 2.75) is 6.54 Å². The average molecular weight is 642 g/mol. The number of rotatable bonds is 5. The van der Waals surface area contributed by atoms with Crippen molar-refractivity contribution >= 4 is 72.6 Å². The number of hydrogen-bond acceptors (Lipinski definition) is 2. The summed E-state index contributed by atoms with van der Waals surface area (Å²) in [5.74, 6) is 1.08. The quantitative estimate of drug-likeness (QED) is 0.105. The number of hydrogen-bond donors (Lipinski definition) is 0. The molecule has 4 nitrogen and oxygen atoms in total. The van der Waals surface area contributed by atoms with Crippen LogP contribution in [-0.2, 0) is 6.54 Å². The molecular weight excluding hydrogens is 611 g/mol. The zero-order chi connectivity index (χ0) is 33.4. The van der Waals surface area contributed by atoms with Gasteiger partial charge in [0.1, 0.15) is 11.2 Å². The molecule has 0 aliphatic carbocycles. The fourth-order valence-electron chi connectivity index (χ4n) is 7.05. The van der Waals surface area contributed by atoms with Gasteiger partial charge >= 0.3 is 0 Å². The third-order valence-corrected chi connectivity index (χ3v) is 9.45. The fraction of sp³-hybridized carbons (Fsp3) is 0.0217. The maximum absolute atomic E-state index is 6.64. The molecule has 1 aromatic heterocycles. The molecular formula is C46H31N3O. The van der Waals surface area contributed by atoms with Crippen molar-refractivity contribution in [3.8, 4) is 11.1 Å². The Balaban J connectivity index is 1.28. The Labute approximate surface area is 289 Å². The van der Waals surface area contributed by atoms with E-state index in [4.69, 9.17) is 14.4 Å². The van der Waals surface area contributed by atoms with E-state index in [2.05, 4.69) is 139 Å². The van der Waals surface area contributed by atoms with Crippen LogP contribution in [0.3, 0.4) is 0 Å². The van der Waals surface area contributed by atoms with Gasteiger partial charge in [0.15, 0.2) is 11.7 Å². The van der Waals surface area contributed by atoms with E-state index in [9.17, 15) is 0 Å². The predicted octanol–water partition coefficient (Wildman–Crippen LogP) is 11.8. The predicted molar refractivity (Wildman–Crippen MR) is 211 cm³/mol. The van der Waals surface area contributed by atoms with Crippen LogP contribution in [0.1, 0.15) is 16.7 Å². The Morgan fingerprint density at radius 2 is 1.20 bits per heavy atom. The van der Waals surface area contributed by atoms with E-state index in [-0.39, 0.29) is 0 Å². The maximum atomic E-state index is 6.64. The van der Waals surface area contributed by atoms with Gasteiger partial charge < -0.3 is 4.42 Å². The van der Waals surface area contributed by atoms with Gasteiger partial charge in [0.05, 0.1) is 6.54 Å². The van der Waals surface area contributed by atoms with Crippen molar-refractivity contribution in [2.75, 3.05) is 0 Å². The summed E-state index contributed by atoms with van der Waals surface area (Å²) in [6.07, 6.45) is 0. The van der Waals surface area contributed by atoms with Crippen molar-refractivity contribution < 1.29 is 4.42 Å². The molecule has 8 aromatic carbocycles. The van der Waals surface area contributed by atoms with Crippen LogP contribution in [-0.4, -0.2) is 18.4 Å². The molecule has 4 heteroatoms. The molecule has 0 aliphatic rings. The summed E-state index contributed by atoms with van der Waals surface area (Å²) in [5, 5.41) is 8.86. The van der Waals surface area contributed by atoms with E-state index < -0.39 is 0 Å². The molecule has 0 atom stereocenters. The minimum atomic E-state index is 0.468. The highest BCUT2D eigenvalue weighted by Gasteiger charge is 2.20. The Kier molecular flexibility index (Phi) is 7.33. The van der Waals surface area contributed by atoms with Gasteiger partial charge in [-0.25, -0.2) is 9.98 Å². The molecule has 0 aliphatic heterocycles. The molecule has 0 fully saturated rings. The normalized spacial score (nSPS) is 12.4. The summed E-state index contributed by atoms with van der Waals surface area (Å²) >= 11 is 0. The molecule has 0 saturated carbocycles. The number of nitrogens with zero attached hydrogens (tertiary/aromatic N) is 3. The highest BCUT2D eigenvalue weighted by molar-refractivity contribution is 6.26. The lowest BCUT2D eigenvalue weighted by Gasteiger charge is -2.13. The number of benzene rings is 8. The second-order valence-electron chi connectivity index (χ2n) is 12.4. The van der Waals surface area contributed by atoms with E-state index in [1.165, 1.54) is 16.2 Å². The first kappa shape index (κ1) is 29.5. The maximum Gasteiger partial charge on any atom is 0.161 e. The van der Waals surface area contributed by atoms with Crippen molar-refractivity contribution in [3.63, 3.8) is 0 Å². The molecule has 0 amide bonds. The van der Waals surface area contributed by atoms with Crippen molar-refractivity contribution in [1.29, 1.82) is 0 Å². The molecule has 0 spiro atoms. The minimum absolute atomic E-state index is 0.468. The SMILES string of the molecule is C=NC(=NC(=NCc1ccccc1)c1cc2ccccc2c2ccccc12)c1ccc(-c2ccc3ccccc3c2)c2oc3ccccc3c12. The van der Waals surface area contributed by atoms with Gasteiger partial charge in [-0.2, -0.15) is 0 Å². The van der Waals surface area contributed by atoms with Gasteiger partial charge in [-0.1, -0.05) is 133 Å². The second kappa shape index (κ2) is 12.4. The molecule has 50 heavy (non-hydrogen) atoms. The van der Waals surface area contributed by atoms with Crippen molar-refractivity contribution in [3.05, 3.63) is 180 Å². The standard InChI is InChI=1S/C46H31N3O/c1-47-45(40-26-25-36(34-24-23-31-15-5-6-16-32(31)27-34)44-43(40)39-21-11-12-22-42(39)50-44)49-46(48-29-30-13-3-2-4-14-30)41-28-33-17-7-8-18-35(33)37-19-9-10-20-38(37)41/h2-28H,1,29H2. The number of para-hydroxylation sites is 1. The summed E-state index contributed by atoms with van der Waals surface area (Å²) in [4.78, 5) is 15.0. The third-order valence-electron chi connectivity index (χ3n) is 9.45. The van der Waals surface area contributed by atoms with Gasteiger partial charge in [-0.15, -0.1) is 0 Å². The number of furan rings is 1. The highest BCUT2D eigenvalue weighted by Crippen LogP contribution is 2.39. The van der Waals surface area contributed by atoms with E-state index in [0.29, 0.717) is 18.2 Å². The van der Waals surface area contributed by atoms with E-state index in [1.807, 2.05) is 36.4 Å². The summed E-state index contributed by atoms with van der Waals surface area (Å²) in [6, 6.07) is 56.7. The molecule has 0 radical (unpaired) electrons. The number of amidine groups is 2. The first-order chi connectivity index (χ1) is 24.7. The zero-order valence-electron chi connectivity index (χ0n) is 27.3. The topological polar surface area (TPSA) is 50.2 Å². The smallest absolute Gasteiger partial charge is 0.161 e. The third kappa shape index (κ3) is 5.15. The van der Waals surface area contributed by atoms with Gasteiger partial charge in [0, 0.05) is 27.5 Å². The van der Waals surface area contributed by atoms with Crippen LogP contribution in [0.25, 0.3) is 65.4 Å². The molecule has 9 aromatic rings. The zero-order valence-corrected chi connectivity index (χ0v) is 27.3. The van der Waals surface area contributed by atoms with Crippen LogP contribution >= 0.6 is 0 Å². The van der Waals surface area contributed by atoms with Crippen molar-refractivity contribution in [2.24, 2.45) is 15.0 Å². The van der Waals surface area contributed by atoms with Gasteiger partial charge in [0.2, 0.25) is 0 Å². The summed E-state index contributed by atoms with van der Waals surface area (Å²) in [7, 11) is 0. The molecule has 236 valence electrons. The van der Waals surface area contributed by atoms with Crippen LogP contribution < -0.4 is 0 Å². The van der Waals surface area contributed by atoms with Gasteiger partial charge in [-0.05, 0) is 80.5 Å². The van der Waals surface area contributed by atoms with Crippen LogP contribution in [0.4, 0.5) is 0 Å². The monoisotopic (exact) mass is 641 g/mol. The average Bonchev–Trinajstić information content (AvgIpc) is 3.58. The lowest BCUT2D eigenvalue weighted by atomic mass is 9.96. The van der Waals surface area contributed by atoms with E-state index in [1.54, 1.807) is 0 Å². The Morgan fingerprint density at radius 3 is 2.02 bits per heavy atom. The lowest BCUT2D eigenvalue weighted by Crippen LogP contribution is -2.07. The molecule has 0 saturated heterocycles. The second-order valence-corrected chi connectivity index (χ2v) is 12.4. The molecule has 1 heterocycles. The molecule has 9 rings (SSSR count). The number of fused-ring (bicyclic) bond motifs is 7. The summed E-state index contributed by atoms with van der Waals surface area (Å²) < 4.78 is 6.64. The minimum Gasteiger partial charge on any atom is -0.455 e. The highest BCUT2D eigenvalue weighted by atomic mass is 16.3. The Bertz CT molecular complexity index is 2810. The van der Waals surface area contributed by atoms with Crippen LogP contribution in [0.2, 0.25) is 0 Å². The molecule has 0 N–H and O–H groups in total. The molecule has 0 bridgehead atoms. The van der Waals surface area contributed by atoms with Crippen LogP contribution in [0.15, 0.2) is 183 Å². The Hall–Kier alpha value is -6.65.